The van der Waals surface area contributed by atoms with Crippen molar-refractivity contribution in [1.29, 1.82) is 0 Å². The number of nitrogens with one attached hydrogen (secondary N) is 1. The van der Waals surface area contributed by atoms with Crippen LogP contribution in [0.15, 0.2) is 41.3 Å². The van der Waals surface area contributed by atoms with Gasteiger partial charge < -0.3 is 9.88 Å². The molecule has 1 heterocycles. The molecule has 0 radical (unpaired) electrons. The maximum Gasteiger partial charge on any atom is 0.0951 e. The van der Waals surface area contributed by atoms with Gasteiger partial charge in [0, 0.05) is 29.8 Å². The van der Waals surface area contributed by atoms with Crippen LogP contribution in [-0.2, 0) is 13.1 Å². The van der Waals surface area contributed by atoms with E-state index < -0.39 is 0 Å². The first-order valence-corrected chi connectivity index (χ1v) is 6.92. The Morgan fingerprint density at radius 2 is 1.94 bits per heavy atom. The Hall–Kier alpha value is -1.13. The third kappa shape index (κ3) is 3.43. The van der Waals surface area contributed by atoms with Crippen LogP contribution in [-0.4, -0.2) is 9.55 Å². The van der Waals surface area contributed by atoms with E-state index >= 15 is 0 Å². The monoisotopic (exact) mass is 307 g/mol. The fourth-order valence-corrected chi connectivity index (χ4v) is 2.14. The number of halogens is 1. The number of aromatic nitrogens is 2. The molecule has 0 saturated carbocycles. The molecule has 0 spiro atoms. The fourth-order valence-electron chi connectivity index (χ4n) is 1.87. The topological polar surface area (TPSA) is 29.9 Å². The van der Waals surface area contributed by atoms with Crippen molar-refractivity contribution in [2.75, 3.05) is 0 Å². The first-order chi connectivity index (χ1) is 8.66. The van der Waals surface area contributed by atoms with Crippen molar-refractivity contribution in [3.8, 4) is 0 Å². The molecule has 2 rings (SSSR count). The summed E-state index contributed by atoms with van der Waals surface area (Å²) < 4.78 is 3.30. The molecule has 0 aliphatic rings. The summed E-state index contributed by atoms with van der Waals surface area (Å²) in [5.41, 5.74) is 2.51. The third-order valence-electron chi connectivity index (χ3n) is 2.85. The zero-order valence-corrected chi connectivity index (χ0v) is 12.3. The molecule has 0 aliphatic heterocycles. The summed E-state index contributed by atoms with van der Waals surface area (Å²) in [6.45, 7) is 6.05. The Bertz CT molecular complexity index is 488. The summed E-state index contributed by atoms with van der Waals surface area (Å²) in [5.74, 6) is 0. The molecule has 0 unspecified atom stereocenters. The van der Waals surface area contributed by atoms with Gasteiger partial charge in [-0.3, -0.25) is 0 Å². The van der Waals surface area contributed by atoms with E-state index in [1.807, 2.05) is 12.5 Å². The van der Waals surface area contributed by atoms with Crippen molar-refractivity contribution in [2.45, 2.75) is 33.0 Å². The van der Waals surface area contributed by atoms with Gasteiger partial charge in [-0.05, 0) is 31.5 Å². The predicted octanol–water partition coefficient (Wildman–Crippen LogP) is 3.52. The van der Waals surface area contributed by atoms with Crippen LogP contribution in [0.1, 0.15) is 31.1 Å². The van der Waals surface area contributed by atoms with Crippen LogP contribution in [0, 0.1) is 0 Å². The first-order valence-electron chi connectivity index (χ1n) is 6.12. The molecule has 2 aromatic rings. The second-order valence-corrected chi connectivity index (χ2v) is 5.53. The van der Waals surface area contributed by atoms with Crippen LogP contribution in [0.3, 0.4) is 0 Å². The molecule has 0 fully saturated rings. The molecule has 96 valence electrons. The fraction of sp³-hybridized carbons (Fsp3) is 0.357. The molecule has 3 nitrogen and oxygen atoms in total. The summed E-state index contributed by atoms with van der Waals surface area (Å²) in [5, 5.41) is 3.44. The maximum absolute atomic E-state index is 4.20. The lowest BCUT2D eigenvalue weighted by atomic mass is 10.2. The smallest absolute Gasteiger partial charge is 0.0951 e. The second kappa shape index (κ2) is 6.16. The SMILES string of the molecule is CC(C)n1cncc1CNCc1ccc(Br)cc1. The summed E-state index contributed by atoms with van der Waals surface area (Å²) in [6, 6.07) is 8.83. The molecule has 1 N–H and O–H groups in total. The lowest BCUT2D eigenvalue weighted by molar-refractivity contribution is 0.550. The lowest BCUT2D eigenvalue weighted by Crippen LogP contribution is -2.16. The van der Waals surface area contributed by atoms with E-state index in [9.17, 15) is 0 Å². The summed E-state index contributed by atoms with van der Waals surface area (Å²) in [7, 11) is 0. The number of imidazole rings is 1. The molecule has 0 atom stereocenters. The van der Waals surface area contributed by atoms with Gasteiger partial charge in [-0.2, -0.15) is 0 Å². The number of benzene rings is 1. The van der Waals surface area contributed by atoms with E-state index in [1.54, 1.807) is 0 Å². The minimum Gasteiger partial charge on any atom is -0.331 e. The van der Waals surface area contributed by atoms with Crippen LogP contribution in [0.5, 0.6) is 0 Å². The van der Waals surface area contributed by atoms with Gasteiger partial charge in [-0.15, -0.1) is 0 Å². The molecular weight excluding hydrogens is 290 g/mol. The number of hydrogen-bond acceptors (Lipinski definition) is 2. The minimum atomic E-state index is 0.456. The maximum atomic E-state index is 4.20. The first kappa shape index (κ1) is 13.3. The van der Waals surface area contributed by atoms with Gasteiger partial charge in [0.15, 0.2) is 0 Å². The Balaban J connectivity index is 1.88. The summed E-state index contributed by atoms with van der Waals surface area (Å²) >= 11 is 3.44. The largest absolute Gasteiger partial charge is 0.331 e. The van der Waals surface area contributed by atoms with Crippen LogP contribution in [0.4, 0.5) is 0 Å². The van der Waals surface area contributed by atoms with Crippen molar-refractivity contribution in [3.63, 3.8) is 0 Å². The van der Waals surface area contributed by atoms with Gasteiger partial charge in [-0.25, -0.2) is 4.98 Å². The normalized spacial score (nSPS) is 11.1. The molecule has 0 bridgehead atoms. The van der Waals surface area contributed by atoms with Crippen LogP contribution < -0.4 is 5.32 Å². The Kier molecular flexibility index (Phi) is 4.55. The van der Waals surface area contributed by atoms with Gasteiger partial charge >= 0.3 is 0 Å². The van der Waals surface area contributed by atoms with Crippen molar-refractivity contribution in [2.24, 2.45) is 0 Å². The number of hydrogen-bond donors (Lipinski definition) is 1. The highest BCUT2D eigenvalue weighted by Gasteiger charge is 2.04. The Morgan fingerprint density at radius 1 is 1.22 bits per heavy atom. The second-order valence-electron chi connectivity index (χ2n) is 4.62. The zero-order chi connectivity index (χ0) is 13.0. The number of nitrogens with zero attached hydrogens (tertiary/aromatic N) is 2. The highest BCUT2D eigenvalue weighted by atomic mass is 79.9. The van der Waals surface area contributed by atoms with Gasteiger partial charge in [0.05, 0.1) is 12.0 Å². The van der Waals surface area contributed by atoms with E-state index in [4.69, 9.17) is 0 Å². The van der Waals surface area contributed by atoms with Gasteiger partial charge in [0.2, 0.25) is 0 Å². The highest BCUT2D eigenvalue weighted by molar-refractivity contribution is 9.10. The quantitative estimate of drug-likeness (QED) is 0.916. The van der Waals surface area contributed by atoms with E-state index in [2.05, 4.69) is 68.9 Å². The Morgan fingerprint density at radius 3 is 2.61 bits per heavy atom. The van der Waals surface area contributed by atoms with Crippen molar-refractivity contribution in [1.82, 2.24) is 14.9 Å². The van der Waals surface area contributed by atoms with Crippen molar-refractivity contribution in [3.05, 3.63) is 52.5 Å². The standard InChI is InChI=1S/C14H18BrN3/c1-11(2)18-10-17-9-14(18)8-16-7-12-3-5-13(15)6-4-12/h3-6,9-11,16H,7-8H2,1-2H3. The van der Waals surface area contributed by atoms with Crippen LogP contribution in [0.2, 0.25) is 0 Å². The van der Waals surface area contributed by atoms with E-state index in [0.29, 0.717) is 6.04 Å². The molecule has 0 amide bonds. The zero-order valence-electron chi connectivity index (χ0n) is 10.7. The van der Waals surface area contributed by atoms with E-state index in [0.717, 1.165) is 17.6 Å². The third-order valence-corrected chi connectivity index (χ3v) is 3.38. The molecule has 18 heavy (non-hydrogen) atoms. The molecular formula is C14H18BrN3. The van der Waals surface area contributed by atoms with Crippen molar-refractivity contribution >= 4 is 15.9 Å². The van der Waals surface area contributed by atoms with Crippen molar-refractivity contribution < 1.29 is 0 Å². The molecule has 0 aliphatic carbocycles. The molecule has 1 aromatic carbocycles. The Labute approximate surface area is 116 Å². The number of rotatable bonds is 5. The summed E-state index contributed by atoms with van der Waals surface area (Å²) in [6.07, 6.45) is 3.82. The minimum absolute atomic E-state index is 0.456. The summed E-state index contributed by atoms with van der Waals surface area (Å²) in [4.78, 5) is 4.20. The predicted molar refractivity (Wildman–Crippen MR) is 77.3 cm³/mol. The molecule has 0 saturated heterocycles. The van der Waals surface area contributed by atoms with E-state index in [1.165, 1.54) is 11.3 Å². The van der Waals surface area contributed by atoms with Gasteiger partial charge in [0.1, 0.15) is 0 Å². The lowest BCUT2D eigenvalue weighted by Gasteiger charge is -2.12. The van der Waals surface area contributed by atoms with Crippen LogP contribution in [0.25, 0.3) is 0 Å². The van der Waals surface area contributed by atoms with Gasteiger partial charge in [-0.1, -0.05) is 28.1 Å². The molecule has 1 aromatic heterocycles. The molecule has 4 heteroatoms. The van der Waals surface area contributed by atoms with Gasteiger partial charge in [0.25, 0.3) is 0 Å². The van der Waals surface area contributed by atoms with Crippen LogP contribution >= 0.6 is 15.9 Å². The average Bonchev–Trinajstić information content (AvgIpc) is 2.80. The average molecular weight is 308 g/mol. The highest BCUT2D eigenvalue weighted by Crippen LogP contribution is 2.11. The van der Waals surface area contributed by atoms with E-state index in [-0.39, 0.29) is 0 Å².